The third-order valence-electron chi connectivity index (χ3n) is 2.52. The van der Waals surface area contributed by atoms with Crippen LogP contribution < -0.4 is 0 Å². The number of hydrogen-bond acceptors (Lipinski definition) is 6. The molecule has 0 aromatic heterocycles. The molecule has 0 saturated heterocycles. The lowest BCUT2D eigenvalue weighted by Crippen LogP contribution is -2.36. The van der Waals surface area contributed by atoms with Gasteiger partial charge in [-0.15, -0.1) is 36.2 Å². The molecular weight excluding hydrogens is 311 g/mol. The minimum Gasteiger partial charge on any atom is -0.374 e. The molecule has 0 saturated carbocycles. The van der Waals surface area contributed by atoms with Crippen molar-refractivity contribution in [2.24, 2.45) is 0 Å². The highest BCUT2D eigenvalue weighted by Gasteiger charge is 2.30. The lowest BCUT2D eigenvalue weighted by Gasteiger charge is -2.25. The van der Waals surface area contributed by atoms with Crippen LogP contribution in [0.5, 0.6) is 0 Å². The Balaban J connectivity index is 4.52. The zero-order valence-electron chi connectivity index (χ0n) is 13.3. The number of thioether (sulfide) groups is 2. The molecule has 0 aromatic rings. The van der Waals surface area contributed by atoms with Gasteiger partial charge in [0.1, 0.15) is 0 Å². The van der Waals surface area contributed by atoms with Crippen molar-refractivity contribution >= 4 is 43.5 Å². The fourth-order valence-electron chi connectivity index (χ4n) is 1.45. The third-order valence-corrected chi connectivity index (χ3v) is 5.30. The molecular formula is C13H29BO3S3. The molecule has 3 unspecified atom stereocenters. The maximum Gasteiger partial charge on any atom is 0.641 e. The van der Waals surface area contributed by atoms with Crippen LogP contribution in [0.1, 0.15) is 53.9 Å². The van der Waals surface area contributed by atoms with Crippen LogP contribution in [-0.4, -0.2) is 35.1 Å². The van der Waals surface area contributed by atoms with Crippen LogP contribution in [0.4, 0.5) is 0 Å². The average molecular weight is 340 g/mol. The van der Waals surface area contributed by atoms with Crippen LogP contribution in [-0.2, 0) is 14.0 Å². The van der Waals surface area contributed by atoms with E-state index in [0.29, 0.717) is 0 Å². The molecule has 0 N–H and O–H groups in total. The Labute approximate surface area is 139 Å². The predicted octanol–water partition coefficient (Wildman–Crippen LogP) is 4.67. The minimum absolute atomic E-state index is 0.103. The van der Waals surface area contributed by atoms with Crippen LogP contribution in [0.25, 0.3) is 0 Å². The van der Waals surface area contributed by atoms with Crippen LogP contribution in [0.3, 0.4) is 0 Å². The minimum atomic E-state index is -0.634. The highest BCUT2D eigenvalue weighted by Crippen LogP contribution is 2.22. The van der Waals surface area contributed by atoms with Gasteiger partial charge in [-0.3, -0.25) is 0 Å². The largest absolute Gasteiger partial charge is 0.641 e. The molecule has 0 amide bonds. The van der Waals surface area contributed by atoms with Gasteiger partial charge < -0.3 is 14.0 Å². The van der Waals surface area contributed by atoms with E-state index in [9.17, 15) is 0 Å². The summed E-state index contributed by atoms with van der Waals surface area (Å²) < 4.78 is 17.6. The van der Waals surface area contributed by atoms with Crippen LogP contribution in [0, 0.1) is 0 Å². The van der Waals surface area contributed by atoms with Crippen LogP contribution in [0.15, 0.2) is 0 Å². The number of hydrogen-bond donors (Lipinski definition) is 1. The van der Waals surface area contributed by atoms with E-state index in [1.807, 2.05) is 6.92 Å². The second kappa shape index (κ2) is 13.6. The molecule has 0 radical (unpaired) electrons. The Bertz CT molecular complexity index is 209. The lowest BCUT2D eigenvalue weighted by atomic mass is 10.2. The van der Waals surface area contributed by atoms with E-state index >= 15 is 0 Å². The monoisotopic (exact) mass is 340 g/mol. The van der Waals surface area contributed by atoms with Gasteiger partial charge in [-0.1, -0.05) is 34.6 Å². The quantitative estimate of drug-likeness (QED) is 0.299. The van der Waals surface area contributed by atoms with Gasteiger partial charge in [-0.05, 0) is 30.8 Å². The molecule has 0 heterocycles. The first-order chi connectivity index (χ1) is 9.60. The summed E-state index contributed by atoms with van der Waals surface area (Å²) >= 11 is 7.93. The van der Waals surface area contributed by atoms with Crippen molar-refractivity contribution in [1.29, 1.82) is 0 Å². The fraction of sp³-hybridized carbons (Fsp3) is 1.00. The summed E-state index contributed by atoms with van der Waals surface area (Å²) in [5.74, 6) is 2.04. The van der Waals surface area contributed by atoms with E-state index in [4.69, 9.17) is 14.0 Å². The van der Waals surface area contributed by atoms with Crippen molar-refractivity contribution in [3.63, 3.8) is 0 Å². The van der Waals surface area contributed by atoms with E-state index in [2.05, 4.69) is 40.3 Å². The lowest BCUT2D eigenvalue weighted by molar-refractivity contribution is 0.0671. The van der Waals surface area contributed by atoms with Gasteiger partial charge in [0, 0.05) is 0 Å². The van der Waals surface area contributed by atoms with Crippen LogP contribution in [0.2, 0.25) is 0 Å². The smallest absolute Gasteiger partial charge is 0.374 e. The highest BCUT2D eigenvalue weighted by molar-refractivity contribution is 8.00. The first-order valence-corrected chi connectivity index (χ1v) is 10.1. The topological polar surface area (TPSA) is 27.7 Å². The van der Waals surface area contributed by atoms with Gasteiger partial charge in [-0.25, -0.2) is 0 Å². The third kappa shape index (κ3) is 9.85. The van der Waals surface area contributed by atoms with Crippen molar-refractivity contribution in [3.05, 3.63) is 0 Å². The van der Waals surface area contributed by atoms with Gasteiger partial charge in [0.15, 0.2) is 0 Å². The van der Waals surface area contributed by atoms with Crippen LogP contribution >= 0.6 is 36.2 Å². The first kappa shape index (κ1) is 21.0. The summed E-state index contributed by atoms with van der Waals surface area (Å²) in [6.45, 7) is 10.5. The molecule has 3 nitrogen and oxygen atoms in total. The normalized spacial score (nSPS) is 15.9. The summed E-state index contributed by atoms with van der Waals surface area (Å²) in [6, 6.07) is 0. The number of rotatable bonds is 13. The van der Waals surface area contributed by atoms with Crippen molar-refractivity contribution in [2.45, 2.75) is 70.2 Å². The van der Waals surface area contributed by atoms with Crippen molar-refractivity contribution < 1.29 is 14.0 Å². The van der Waals surface area contributed by atoms with Crippen molar-refractivity contribution in [3.8, 4) is 0 Å². The zero-order chi connectivity index (χ0) is 15.4. The summed E-state index contributed by atoms with van der Waals surface area (Å²) in [6.07, 6.45) is 2.69. The van der Waals surface area contributed by atoms with E-state index in [0.717, 1.165) is 30.8 Å². The van der Waals surface area contributed by atoms with Gasteiger partial charge in [-0.2, -0.15) is 0 Å². The molecule has 7 heteroatoms. The molecule has 0 aromatic carbocycles. The van der Waals surface area contributed by atoms with Gasteiger partial charge >= 0.3 is 7.32 Å². The van der Waals surface area contributed by atoms with Gasteiger partial charge in [0.2, 0.25) is 0 Å². The summed E-state index contributed by atoms with van der Waals surface area (Å²) in [4.78, 5) is 0. The standard InChI is InChI=1S/C13H29BO3S3/c1-6-11(18)15-14(16-12(7-2)19-9-4)17-13(8-3)20-10-5/h11-13,18H,6-10H2,1-5H3. The molecule has 0 aliphatic heterocycles. The molecule has 0 aliphatic rings. The summed E-state index contributed by atoms with van der Waals surface area (Å²) in [5, 5.41) is 0. The Morgan fingerprint density at radius 2 is 1.25 bits per heavy atom. The van der Waals surface area contributed by atoms with Crippen molar-refractivity contribution in [1.82, 2.24) is 0 Å². The maximum atomic E-state index is 5.95. The Morgan fingerprint density at radius 3 is 1.55 bits per heavy atom. The van der Waals surface area contributed by atoms with E-state index in [1.54, 1.807) is 23.5 Å². The Morgan fingerprint density at radius 1 is 0.800 bits per heavy atom. The highest BCUT2D eigenvalue weighted by atomic mass is 32.2. The molecule has 0 aliphatic carbocycles. The second-order valence-corrected chi connectivity index (χ2v) is 7.60. The summed E-state index contributed by atoms with van der Waals surface area (Å²) in [5.41, 5.74) is 0.0475. The molecule has 0 rings (SSSR count). The zero-order valence-corrected chi connectivity index (χ0v) is 15.9. The van der Waals surface area contributed by atoms with Gasteiger partial charge in [0.05, 0.1) is 16.3 Å². The van der Waals surface area contributed by atoms with E-state index in [-0.39, 0.29) is 16.3 Å². The maximum absolute atomic E-state index is 5.95. The molecule has 3 atom stereocenters. The molecule has 120 valence electrons. The molecule has 20 heavy (non-hydrogen) atoms. The van der Waals surface area contributed by atoms with Gasteiger partial charge in [0.25, 0.3) is 0 Å². The molecule has 0 spiro atoms. The molecule has 0 bridgehead atoms. The predicted molar refractivity (Wildman–Crippen MR) is 96.5 cm³/mol. The SMILES string of the molecule is CCSC(CC)OB(OC(S)CC)OC(CC)SCC. The number of thiol groups is 1. The van der Waals surface area contributed by atoms with E-state index in [1.165, 1.54) is 0 Å². The second-order valence-electron chi connectivity index (χ2n) is 4.15. The fourth-order valence-corrected chi connectivity index (χ4v) is 3.10. The Kier molecular flexibility index (Phi) is 14.3. The molecule has 0 fully saturated rings. The van der Waals surface area contributed by atoms with E-state index < -0.39 is 7.32 Å². The van der Waals surface area contributed by atoms with Crippen molar-refractivity contribution in [2.75, 3.05) is 11.5 Å². The summed E-state index contributed by atoms with van der Waals surface area (Å²) in [7, 11) is -0.634. The Hall–Kier alpha value is 0.995. The average Bonchev–Trinajstić information content (AvgIpc) is 2.45. The first-order valence-electron chi connectivity index (χ1n) is 7.48.